The number of amides is 2. The van der Waals surface area contributed by atoms with Gasteiger partial charge >= 0.3 is 0 Å². The predicted octanol–water partition coefficient (Wildman–Crippen LogP) is 3.85. The first kappa shape index (κ1) is 20.6. The first-order chi connectivity index (χ1) is 13.2. The highest BCUT2D eigenvalue weighted by Gasteiger charge is 2.44. The van der Waals surface area contributed by atoms with Crippen LogP contribution in [-0.4, -0.2) is 39.3 Å². The van der Waals surface area contributed by atoms with Crippen LogP contribution in [0.4, 0.5) is 16.5 Å². The third kappa shape index (κ3) is 4.15. The largest absolute Gasteiger partial charge is 0.360 e. The molecule has 1 atom stereocenters. The van der Waals surface area contributed by atoms with E-state index in [4.69, 9.17) is 0 Å². The predicted molar refractivity (Wildman–Crippen MR) is 115 cm³/mol. The smallest absolute Gasteiger partial charge is 0.250 e. The summed E-state index contributed by atoms with van der Waals surface area (Å²) in [6.45, 7) is 10.4. The van der Waals surface area contributed by atoms with Crippen molar-refractivity contribution in [2.45, 2.75) is 49.7 Å². The monoisotopic (exact) mass is 419 g/mol. The van der Waals surface area contributed by atoms with Crippen molar-refractivity contribution in [3.63, 3.8) is 0 Å². The second kappa shape index (κ2) is 8.08. The van der Waals surface area contributed by atoms with Crippen molar-refractivity contribution >= 4 is 51.4 Å². The van der Waals surface area contributed by atoms with Gasteiger partial charge in [-0.25, -0.2) is 0 Å². The molecule has 0 saturated carbocycles. The Balaban J connectivity index is 1.78. The van der Waals surface area contributed by atoms with Crippen LogP contribution in [0.2, 0.25) is 0 Å². The molecule has 28 heavy (non-hydrogen) atoms. The van der Waals surface area contributed by atoms with Crippen molar-refractivity contribution in [1.29, 1.82) is 0 Å². The van der Waals surface area contributed by atoms with Gasteiger partial charge in [0.1, 0.15) is 5.54 Å². The van der Waals surface area contributed by atoms with Gasteiger partial charge in [-0.2, -0.15) is 0 Å². The van der Waals surface area contributed by atoms with Gasteiger partial charge in [0.15, 0.2) is 4.34 Å². The Morgan fingerprint density at radius 3 is 2.71 bits per heavy atom. The van der Waals surface area contributed by atoms with Gasteiger partial charge in [-0.1, -0.05) is 49.1 Å². The Morgan fingerprint density at radius 2 is 2.00 bits per heavy atom. The molecule has 0 radical (unpaired) electrons. The molecule has 9 heteroatoms. The number of carbonyl (C=O) groups is 2. The summed E-state index contributed by atoms with van der Waals surface area (Å²) in [4.78, 5) is 27.5. The molecule has 1 aromatic heterocycles. The third-order valence-electron chi connectivity index (χ3n) is 4.42. The second-order valence-corrected chi connectivity index (χ2v) is 10.2. The molecule has 0 bridgehead atoms. The molecule has 3 rings (SSSR count). The minimum atomic E-state index is -0.981. The molecule has 2 N–H and O–H groups in total. The Kier molecular flexibility index (Phi) is 5.95. The van der Waals surface area contributed by atoms with E-state index in [9.17, 15) is 9.59 Å². The lowest BCUT2D eigenvalue weighted by Gasteiger charge is -2.42. The highest BCUT2D eigenvalue weighted by atomic mass is 32.2. The number of hydrogen-bond acceptors (Lipinski definition) is 7. The topological polar surface area (TPSA) is 87.2 Å². The van der Waals surface area contributed by atoms with E-state index in [1.807, 2.05) is 25.1 Å². The van der Waals surface area contributed by atoms with Crippen LogP contribution in [0.3, 0.4) is 0 Å². The van der Waals surface area contributed by atoms with Crippen molar-refractivity contribution in [1.82, 2.24) is 10.2 Å². The molecular weight excluding hydrogens is 394 g/mol. The van der Waals surface area contributed by atoms with Crippen LogP contribution in [0.1, 0.15) is 34.6 Å². The SMILES string of the molecule is CC(C)CNc1nnc(SC(C)C(=O)N2c3ccccc3NC(=O)C2(C)C)s1. The maximum Gasteiger partial charge on any atom is 0.250 e. The molecule has 2 amide bonds. The van der Waals surface area contributed by atoms with E-state index in [0.29, 0.717) is 17.3 Å². The van der Waals surface area contributed by atoms with Gasteiger partial charge < -0.3 is 10.6 Å². The lowest BCUT2D eigenvalue weighted by atomic mass is 9.96. The van der Waals surface area contributed by atoms with Gasteiger partial charge in [-0.05, 0) is 38.8 Å². The third-order valence-corrected chi connectivity index (χ3v) is 6.47. The molecule has 7 nitrogen and oxygen atoms in total. The highest BCUT2D eigenvalue weighted by Crippen LogP contribution is 2.39. The lowest BCUT2D eigenvalue weighted by molar-refractivity contribution is -0.126. The molecule has 1 unspecified atom stereocenters. The quantitative estimate of drug-likeness (QED) is 0.692. The summed E-state index contributed by atoms with van der Waals surface area (Å²) < 4.78 is 0.722. The molecule has 0 aliphatic carbocycles. The standard InChI is InChI=1S/C19H25N5O2S2/c1-11(2)10-20-17-22-23-18(28-17)27-12(3)15(25)24-14-9-7-6-8-13(14)21-16(26)19(24,4)5/h6-9,11-12H,10H2,1-5H3,(H,20,22)(H,21,26). The van der Waals surface area contributed by atoms with Crippen LogP contribution in [0.5, 0.6) is 0 Å². The number of nitrogens with zero attached hydrogens (tertiary/aromatic N) is 3. The fourth-order valence-corrected chi connectivity index (χ4v) is 4.79. The average Bonchev–Trinajstić information content (AvgIpc) is 3.08. The van der Waals surface area contributed by atoms with E-state index in [1.165, 1.54) is 23.1 Å². The summed E-state index contributed by atoms with van der Waals surface area (Å²) in [6.07, 6.45) is 0. The van der Waals surface area contributed by atoms with Crippen LogP contribution in [0.15, 0.2) is 28.6 Å². The zero-order valence-corrected chi connectivity index (χ0v) is 18.3. The summed E-state index contributed by atoms with van der Waals surface area (Å²) in [5.74, 6) is 0.171. The molecular formula is C19H25N5O2S2. The van der Waals surface area contributed by atoms with E-state index >= 15 is 0 Å². The number of carbonyl (C=O) groups excluding carboxylic acids is 2. The summed E-state index contributed by atoms with van der Waals surface area (Å²) in [7, 11) is 0. The first-order valence-corrected chi connectivity index (χ1v) is 10.9. The van der Waals surface area contributed by atoms with Crippen molar-refractivity contribution in [3.05, 3.63) is 24.3 Å². The number of para-hydroxylation sites is 2. The number of rotatable bonds is 6. The van der Waals surface area contributed by atoms with Crippen LogP contribution in [0.25, 0.3) is 0 Å². The maximum atomic E-state index is 13.3. The Bertz CT molecular complexity index is 881. The molecule has 1 aliphatic heterocycles. The van der Waals surface area contributed by atoms with Crippen molar-refractivity contribution in [2.24, 2.45) is 5.92 Å². The lowest BCUT2D eigenvalue weighted by Crippen LogP contribution is -2.60. The molecule has 2 heterocycles. The van der Waals surface area contributed by atoms with E-state index in [1.54, 1.807) is 24.8 Å². The molecule has 2 aromatic rings. The number of anilines is 3. The number of benzene rings is 1. The summed E-state index contributed by atoms with van der Waals surface area (Å²) in [5, 5.41) is 14.8. The second-order valence-electron chi connectivity index (χ2n) is 7.61. The number of fused-ring (bicyclic) bond motifs is 1. The average molecular weight is 420 g/mol. The molecule has 0 saturated heterocycles. The van der Waals surface area contributed by atoms with Gasteiger partial charge in [0.2, 0.25) is 16.9 Å². The minimum Gasteiger partial charge on any atom is -0.360 e. The molecule has 1 aliphatic rings. The van der Waals surface area contributed by atoms with E-state index in [0.717, 1.165) is 16.0 Å². The molecule has 150 valence electrons. The summed E-state index contributed by atoms with van der Waals surface area (Å²) >= 11 is 2.79. The number of hydrogen-bond donors (Lipinski definition) is 2. The summed E-state index contributed by atoms with van der Waals surface area (Å²) in [6, 6.07) is 7.36. The Labute approximate surface area is 173 Å². The zero-order valence-electron chi connectivity index (χ0n) is 16.6. The van der Waals surface area contributed by atoms with Gasteiger partial charge in [-0.15, -0.1) is 10.2 Å². The van der Waals surface area contributed by atoms with E-state index in [-0.39, 0.29) is 11.8 Å². The van der Waals surface area contributed by atoms with Crippen molar-refractivity contribution in [3.8, 4) is 0 Å². The maximum absolute atomic E-state index is 13.3. The highest BCUT2D eigenvalue weighted by molar-refractivity contribution is 8.02. The fourth-order valence-electron chi connectivity index (χ4n) is 2.85. The summed E-state index contributed by atoms with van der Waals surface area (Å²) in [5.41, 5.74) is 0.375. The van der Waals surface area contributed by atoms with Crippen LogP contribution in [0, 0.1) is 5.92 Å². The first-order valence-electron chi connectivity index (χ1n) is 9.18. The Morgan fingerprint density at radius 1 is 1.29 bits per heavy atom. The normalized spacial score (nSPS) is 16.5. The number of thioether (sulfide) groups is 1. The number of nitrogens with one attached hydrogen (secondary N) is 2. The van der Waals surface area contributed by atoms with E-state index in [2.05, 4.69) is 34.7 Å². The van der Waals surface area contributed by atoms with Gasteiger partial charge in [-0.3, -0.25) is 14.5 Å². The number of aromatic nitrogens is 2. The minimum absolute atomic E-state index is 0.135. The zero-order chi connectivity index (χ0) is 20.5. The Hall–Kier alpha value is -2.13. The molecule has 0 spiro atoms. The van der Waals surface area contributed by atoms with Gasteiger partial charge in [0.25, 0.3) is 0 Å². The van der Waals surface area contributed by atoms with Crippen molar-refractivity contribution < 1.29 is 9.59 Å². The van der Waals surface area contributed by atoms with Gasteiger partial charge in [0.05, 0.1) is 16.6 Å². The van der Waals surface area contributed by atoms with Crippen LogP contribution < -0.4 is 15.5 Å². The van der Waals surface area contributed by atoms with Crippen LogP contribution >= 0.6 is 23.1 Å². The molecule has 0 fully saturated rings. The van der Waals surface area contributed by atoms with E-state index < -0.39 is 10.8 Å². The molecule has 1 aromatic carbocycles. The fraction of sp³-hybridized carbons (Fsp3) is 0.474. The van der Waals surface area contributed by atoms with Crippen LogP contribution in [-0.2, 0) is 9.59 Å². The van der Waals surface area contributed by atoms with Gasteiger partial charge in [0, 0.05) is 6.54 Å². The van der Waals surface area contributed by atoms with Crippen molar-refractivity contribution in [2.75, 3.05) is 22.1 Å².